The number of hydrogen-bond acceptors (Lipinski definition) is 3. The van der Waals surface area contributed by atoms with Gasteiger partial charge in [0.1, 0.15) is 5.82 Å². The summed E-state index contributed by atoms with van der Waals surface area (Å²) in [5.41, 5.74) is 0.585. The van der Waals surface area contributed by atoms with Crippen molar-refractivity contribution in [3.05, 3.63) is 34.1 Å². The molecule has 0 aromatic heterocycles. The summed E-state index contributed by atoms with van der Waals surface area (Å²) in [6, 6.07) is 4.78. The second kappa shape index (κ2) is 11.0. The molecule has 0 saturated heterocycles. The van der Waals surface area contributed by atoms with E-state index in [0.717, 1.165) is 4.47 Å². The van der Waals surface area contributed by atoms with E-state index in [1.807, 2.05) is 0 Å². The lowest BCUT2D eigenvalue weighted by Crippen LogP contribution is -2.36. The Morgan fingerprint density at radius 3 is 2.85 bits per heavy atom. The maximum absolute atomic E-state index is 13.4. The highest BCUT2D eigenvalue weighted by atomic mass is 79.9. The van der Waals surface area contributed by atoms with E-state index >= 15 is 0 Å². The van der Waals surface area contributed by atoms with Crippen LogP contribution in [0.3, 0.4) is 0 Å². The molecule has 2 N–H and O–H groups in total. The van der Waals surface area contributed by atoms with E-state index in [1.54, 1.807) is 19.2 Å². The number of ether oxygens (including phenoxy) is 1. The van der Waals surface area contributed by atoms with E-state index in [1.165, 1.54) is 6.07 Å². The SMILES string of the molecule is COCCNCC(=O)NCCc1cc(Br)ccc1F.Cl. The summed E-state index contributed by atoms with van der Waals surface area (Å²) < 4.78 is 19.1. The van der Waals surface area contributed by atoms with Gasteiger partial charge in [0.2, 0.25) is 5.91 Å². The highest BCUT2D eigenvalue weighted by Crippen LogP contribution is 2.15. The lowest BCUT2D eigenvalue weighted by Gasteiger charge is -2.07. The molecule has 0 aliphatic heterocycles. The summed E-state index contributed by atoms with van der Waals surface area (Å²) in [6.45, 7) is 1.85. The molecule has 0 atom stereocenters. The van der Waals surface area contributed by atoms with Gasteiger partial charge in [0.15, 0.2) is 0 Å². The molecule has 0 heterocycles. The van der Waals surface area contributed by atoms with Gasteiger partial charge in [-0.3, -0.25) is 4.79 Å². The number of halogens is 3. The van der Waals surface area contributed by atoms with Crippen LogP contribution >= 0.6 is 28.3 Å². The standard InChI is InChI=1S/C13H18BrFN2O2.ClH/c1-19-7-6-16-9-13(18)17-5-4-10-8-11(14)2-3-12(10)15;/h2-3,8,16H,4-7,9H2,1H3,(H,17,18);1H. The molecule has 0 radical (unpaired) electrons. The van der Waals surface area contributed by atoms with Crippen LogP contribution in [0.4, 0.5) is 4.39 Å². The summed E-state index contributed by atoms with van der Waals surface area (Å²) in [5.74, 6) is -0.359. The van der Waals surface area contributed by atoms with Crippen molar-refractivity contribution in [2.75, 3.05) is 33.4 Å². The Hall–Kier alpha value is -0.690. The molecule has 0 unspecified atom stereocenters. The Balaban J connectivity index is 0.00000361. The van der Waals surface area contributed by atoms with Crippen LogP contribution in [0.1, 0.15) is 5.56 Å². The zero-order chi connectivity index (χ0) is 14.1. The molecule has 0 bridgehead atoms. The molecule has 4 nitrogen and oxygen atoms in total. The number of hydrogen-bond donors (Lipinski definition) is 2. The minimum Gasteiger partial charge on any atom is -0.383 e. The topological polar surface area (TPSA) is 50.4 Å². The van der Waals surface area contributed by atoms with Gasteiger partial charge in [0.25, 0.3) is 0 Å². The van der Waals surface area contributed by atoms with Crippen LogP contribution in [-0.2, 0) is 16.0 Å². The molecular formula is C13H19BrClFN2O2. The van der Waals surface area contributed by atoms with Crippen molar-refractivity contribution in [2.24, 2.45) is 0 Å². The average molecular weight is 370 g/mol. The van der Waals surface area contributed by atoms with Crippen LogP contribution in [0.25, 0.3) is 0 Å². The van der Waals surface area contributed by atoms with Crippen molar-refractivity contribution >= 4 is 34.2 Å². The molecule has 0 fully saturated rings. The number of methoxy groups -OCH3 is 1. The second-order valence-corrected chi connectivity index (χ2v) is 4.92. The van der Waals surface area contributed by atoms with Crippen molar-refractivity contribution in [3.63, 3.8) is 0 Å². The molecule has 0 saturated carbocycles. The number of amides is 1. The predicted octanol–water partition coefficient (Wildman–Crippen LogP) is 1.90. The Labute approximate surface area is 133 Å². The first-order chi connectivity index (χ1) is 9.13. The molecule has 0 aliphatic carbocycles. The van der Waals surface area contributed by atoms with E-state index in [0.29, 0.717) is 31.7 Å². The van der Waals surface area contributed by atoms with Crippen molar-refractivity contribution in [1.29, 1.82) is 0 Å². The number of benzene rings is 1. The fourth-order valence-electron chi connectivity index (χ4n) is 1.51. The summed E-state index contributed by atoms with van der Waals surface area (Å²) in [6.07, 6.45) is 0.467. The van der Waals surface area contributed by atoms with Crippen LogP contribution in [-0.4, -0.2) is 39.3 Å². The van der Waals surface area contributed by atoms with E-state index < -0.39 is 0 Å². The van der Waals surface area contributed by atoms with Gasteiger partial charge in [-0.2, -0.15) is 0 Å². The summed E-state index contributed by atoms with van der Waals surface area (Å²) in [5, 5.41) is 5.67. The summed E-state index contributed by atoms with van der Waals surface area (Å²) in [7, 11) is 1.61. The zero-order valence-electron chi connectivity index (χ0n) is 11.2. The number of nitrogens with one attached hydrogen (secondary N) is 2. The first-order valence-corrected chi connectivity index (χ1v) is 6.83. The molecular weight excluding hydrogens is 351 g/mol. The van der Waals surface area contributed by atoms with Crippen molar-refractivity contribution in [3.8, 4) is 0 Å². The van der Waals surface area contributed by atoms with Gasteiger partial charge < -0.3 is 15.4 Å². The Morgan fingerprint density at radius 1 is 1.40 bits per heavy atom. The fraction of sp³-hybridized carbons (Fsp3) is 0.462. The Kier molecular flexibility index (Phi) is 10.6. The molecule has 1 amide bonds. The van der Waals surface area contributed by atoms with Gasteiger partial charge in [-0.1, -0.05) is 15.9 Å². The minimum absolute atomic E-state index is 0. The molecule has 1 rings (SSSR count). The van der Waals surface area contributed by atoms with Crippen molar-refractivity contribution < 1.29 is 13.9 Å². The fourth-order valence-corrected chi connectivity index (χ4v) is 1.92. The van der Waals surface area contributed by atoms with Crippen LogP contribution in [0.5, 0.6) is 0 Å². The molecule has 1 aromatic carbocycles. The Bertz CT molecular complexity index is 421. The van der Waals surface area contributed by atoms with E-state index in [4.69, 9.17) is 4.74 Å². The van der Waals surface area contributed by atoms with E-state index in [-0.39, 0.29) is 30.7 Å². The first-order valence-electron chi connectivity index (χ1n) is 6.03. The third-order valence-electron chi connectivity index (χ3n) is 2.49. The number of rotatable bonds is 8. The average Bonchev–Trinajstić information content (AvgIpc) is 2.39. The zero-order valence-corrected chi connectivity index (χ0v) is 13.7. The largest absolute Gasteiger partial charge is 0.383 e. The van der Waals surface area contributed by atoms with Gasteiger partial charge in [0, 0.05) is 24.7 Å². The van der Waals surface area contributed by atoms with Crippen LogP contribution < -0.4 is 10.6 Å². The molecule has 1 aromatic rings. The van der Waals surface area contributed by atoms with Gasteiger partial charge in [-0.25, -0.2) is 4.39 Å². The normalized spacial score (nSPS) is 9.95. The summed E-state index contributed by atoms with van der Waals surface area (Å²) in [4.78, 5) is 11.4. The monoisotopic (exact) mass is 368 g/mol. The van der Waals surface area contributed by atoms with Gasteiger partial charge in [-0.05, 0) is 30.2 Å². The third-order valence-corrected chi connectivity index (χ3v) is 2.99. The van der Waals surface area contributed by atoms with Gasteiger partial charge >= 0.3 is 0 Å². The number of carbonyl (C=O) groups is 1. The summed E-state index contributed by atoms with van der Waals surface area (Å²) >= 11 is 3.29. The minimum atomic E-state index is -0.254. The smallest absolute Gasteiger partial charge is 0.233 e. The maximum atomic E-state index is 13.4. The van der Waals surface area contributed by atoms with Crippen LogP contribution in [0.15, 0.2) is 22.7 Å². The predicted molar refractivity (Wildman–Crippen MR) is 82.8 cm³/mol. The van der Waals surface area contributed by atoms with Crippen LogP contribution in [0, 0.1) is 5.82 Å². The lowest BCUT2D eigenvalue weighted by molar-refractivity contribution is -0.120. The third kappa shape index (κ3) is 7.79. The highest BCUT2D eigenvalue weighted by molar-refractivity contribution is 9.10. The second-order valence-electron chi connectivity index (χ2n) is 4.01. The lowest BCUT2D eigenvalue weighted by atomic mass is 10.1. The van der Waals surface area contributed by atoms with Gasteiger partial charge in [0.05, 0.1) is 13.2 Å². The van der Waals surface area contributed by atoms with E-state index in [2.05, 4.69) is 26.6 Å². The quantitative estimate of drug-likeness (QED) is 0.688. The number of carbonyl (C=O) groups excluding carboxylic acids is 1. The molecule has 0 aliphatic rings. The van der Waals surface area contributed by atoms with Crippen LogP contribution in [0.2, 0.25) is 0 Å². The highest BCUT2D eigenvalue weighted by Gasteiger charge is 2.04. The van der Waals surface area contributed by atoms with Crippen molar-refractivity contribution in [1.82, 2.24) is 10.6 Å². The first kappa shape index (κ1) is 19.3. The molecule has 7 heteroatoms. The van der Waals surface area contributed by atoms with Crippen molar-refractivity contribution in [2.45, 2.75) is 6.42 Å². The van der Waals surface area contributed by atoms with Gasteiger partial charge in [-0.15, -0.1) is 12.4 Å². The van der Waals surface area contributed by atoms with E-state index in [9.17, 15) is 9.18 Å². The molecule has 20 heavy (non-hydrogen) atoms. The maximum Gasteiger partial charge on any atom is 0.233 e. The molecule has 114 valence electrons. The Morgan fingerprint density at radius 2 is 2.15 bits per heavy atom. The molecule has 0 spiro atoms.